The maximum Gasteiger partial charge on any atom is 0.220 e. The second-order valence-electron chi connectivity index (χ2n) is 9.55. The number of aliphatic hydroxyl groups excluding tert-OH is 3. The van der Waals surface area contributed by atoms with Gasteiger partial charge in [-0.15, -0.1) is 0 Å². The monoisotopic (exact) mass is 493 g/mol. The zero-order valence-electron chi connectivity index (χ0n) is 22.7. The molecule has 0 aromatic carbocycles. The molecule has 35 heavy (non-hydrogen) atoms. The van der Waals surface area contributed by atoms with Crippen LogP contribution < -0.4 is 5.32 Å². The number of carbonyl (C=O) groups excluding carboxylic acids is 1. The molecule has 0 spiro atoms. The van der Waals surface area contributed by atoms with Crippen molar-refractivity contribution in [1.29, 1.82) is 0 Å². The topological polar surface area (TPSA) is 89.8 Å². The molecule has 5 heteroatoms. The van der Waals surface area contributed by atoms with E-state index in [1.54, 1.807) is 0 Å². The van der Waals surface area contributed by atoms with Crippen LogP contribution in [0.3, 0.4) is 0 Å². The van der Waals surface area contributed by atoms with Crippen LogP contribution in [0.5, 0.6) is 0 Å². The molecular weight excluding hydrogens is 438 g/mol. The van der Waals surface area contributed by atoms with Crippen molar-refractivity contribution in [3.8, 4) is 0 Å². The van der Waals surface area contributed by atoms with Crippen molar-refractivity contribution in [3.63, 3.8) is 0 Å². The van der Waals surface area contributed by atoms with Crippen molar-refractivity contribution in [1.82, 2.24) is 5.32 Å². The Bertz CT molecular complexity index is 559. The maximum absolute atomic E-state index is 12.2. The Balaban J connectivity index is 3.88. The minimum absolute atomic E-state index is 0.176. The van der Waals surface area contributed by atoms with Gasteiger partial charge in [-0.2, -0.15) is 0 Å². The Morgan fingerprint density at radius 2 is 1.26 bits per heavy atom. The highest BCUT2D eigenvalue weighted by atomic mass is 16.3. The zero-order valence-corrected chi connectivity index (χ0v) is 22.7. The van der Waals surface area contributed by atoms with E-state index in [4.69, 9.17) is 0 Å². The van der Waals surface area contributed by atoms with E-state index in [0.29, 0.717) is 12.8 Å². The third-order valence-electron chi connectivity index (χ3n) is 6.20. The van der Waals surface area contributed by atoms with Gasteiger partial charge in [0.05, 0.1) is 18.8 Å². The summed E-state index contributed by atoms with van der Waals surface area (Å²) >= 11 is 0. The van der Waals surface area contributed by atoms with Crippen LogP contribution in [-0.2, 0) is 4.79 Å². The highest BCUT2D eigenvalue weighted by Gasteiger charge is 2.26. The number of nitrogens with one attached hydrogen (secondary N) is 1. The Morgan fingerprint density at radius 1 is 0.714 bits per heavy atom. The molecule has 0 aliphatic heterocycles. The number of amides is 1. The molecule has 4 N–H and O–H groups in total. The lowest BCUT2D eigenvalue weighted by Gasteiger charge is -2.26. The molecule has 0 rings (SSSR count). The van der Waals surface area contributed by atoms with Gasteiger partial charge in [0.15, 0.2) is 0 Å². The number of allylic oxidation sites excluding steroid dienone is 6. The number of unbranched alkanes of at least 4 members (excludes halogenated alkanes) is 10. The van der Waals surface area contributed by atoms with E-state index in [0.717, 1.165) is 57.8 Å². The van der Waals surface area contributed by atoms with Crippen LogP contribution in [0.4, 0.5) is 0 Å². The summed E-state index contributed by atoms with van der Waals surface area (Å²) in [6.45, 7) is 3.96. The lowest BCUT2D eigenvalue weighted by molar-refractivity contribution is -0.124. The fraction of sp³-hybridized carbons (Fsp3) is 0.767. The van der Waals surface area contributed by atoms with E-state index in [-0.39, 0.29) is 12.5 Å². The van der Waals surface area contributed by atoms with Gasteiger partial charge in [-0.3, -0.25) is 4.79 Å². The average molecular weight is 494 g/mol. The van der Waals surface area contributed by atoms with Crippen LogP contribution in [0, 0.1) is 0 Å². The Morgan fingerprint density at radius 3 is 1.89 bits per heavy atom. The summed E-state index contributed by atoms with van der Waals surface area (Å²) in [5.74, 6) is -0.176. The van der Waals surface area contributed by atoms with Crippen LogP contribution in [-0.4, -0.2) is 46.1 Å². The first-order chi connectivity index (χ1) is 17.1. The predicted octanol–water partition coefficient (Wildman–Crippen LogP) is 6.53. The minimum Gasteiger partial charge on any atom is -0.394 e. The van der Waals surface area contributed by atoms with E-state index in [9.17, 15) is 20.1 Å². The molecule has 204 valence electrons. The lowest BCUT2D eigenvalue weighted by Crippen LogP contribution is -2.50. The third kappa shape index (κ3) is 21.6. The molecule has 0 fully saturated rings. The molecule has 0 aromatic rings. The van der Waals surface area contributed by atoms with Crippen molar-refractivity contribution in [2.24, 2.45) is 0 Å². The molecule has 3 atom stereocenters. The number of hydrogen-bond donors (Lipinski definition) is 4. The van der Waals surface area contributed by atoms with Gasteiger partial charge < -0.3 is 20.6 Å². The normalized spacial score (nSPS) is 14.8. The smallest absolute Gasteiger partial charge is 0.220 e. The van der Waals surface area contributed by atoms with Gasteiger partial charge in [0.2, 0.25) is 5.91 Å². The predicted molar refractivity (Wildman–Crippen MR) is 148 cm³/mol. The van der Waals surface area contributed by atoms with Crippen LogP contribution in [0.15, 0.2) is 36.5 Å². The second-order valence-corrected chi connectivity index (χ2v) is 9.55. The summed E-state index contributed by atoms with van der Waals surface area (Å²) in [6.07, 6.45) is 28.1. The summed E-state index contributed by atoms with van der Waals surface area (Å²) in [4.78, 5) is 12.2. The van der Waals surface area contributed by atoms with Crippen LogP contribution in [0.25, 0.3) is 0 Å². The highest BCUT2D eigenvalue weighted by molar-refractivity contribution is 5.76. The molecule has 0 heterocycles. The fourth-order valence-electron chi connectivity index (χ4n) is 3.94. The SMILES string of the molecule is CC/C=C/CC/C=C/CCCC(O)C(O)C(CO)NC(=O)CCCCCCC/C=C\CCCCC. The summed E-state index contributed by atoms with van der Waals surface area (Å²) < 4.78 is 0. The van der Waals surface area contributed by atoms with E-state index in [2.05, 4.69) is 55.6 Å². The fourth-order valence-corrected chi connectivity index (χ4v) is 3.94. The van der Waals surface area contributed by atoms with Crippen LogP contribution in [0.1, 0.15) is 123 Å². The first-order valence-corrected chi connectivity index (χ1v) is 14.3. The summed E-state index contributed by atoms with van der Waals surface area (Å²) in [7, 11) is 0. The largest absolute Gasteiger partial charge is 0.394 e. The molecule has 0 aliphatic carbocycles. The summed E-state index contributed by atoms with van der Waals surface area (Å²) in [6, 6.07) is -0.831. The molecule has 0 saturated heterocycles. The molecule has 3 unspecified atom stereocenters. The number of hydrogen-bond acceptors (Lipinski definition) is 4. The average Bonchev–Trinajstić information content (AvgIpc) is 2.86. The first kappa shape index (κ1) is 33.6. The number of rotatable bonds is 24. The van der Waals surface area contributed by atoms with E-state index < -0.39 is 18.2 Å². The Kier molecular flexibility index (Phi) is 24.6. The van der Waals surface area contributed by atoms with Crippen LogP contribution >= 0.6 is 0 Å². The van der Waals surface area contributed by atoms with Gasteiger partial charge in [0, 0.05) is 6.42 Å². The van der Waals surface area contributed by atoms with Crippen LogP contribution in [0.2, 0.25) is 0 Å². The molecule has 0 radical (unpaired) electrons. The third-order valence-corrected chi connectivity index (χ3v) is 6.20. The quantitative estimate of drug-likeness (QED) is 0.0909. The van der Waals surface area contributed by atoms with Gasteiger partial charge in [0.1, 0.15) is 6.10 Å². The molecule has 0 aliphatic rings. The van der Waals surface area contributed by atoms with E-state index in [1.165, 1.54) is 38.5 Å². The molecule has 0 aromatic heterocycles. The minimum atomic E-state index is -1.16. The molecule has 5 nitrogen and oxygen atoms in total. The number of aliphatic hydroxyl groups is 3. The van der Waals surface area contributed by atoms with Crippen molar-refractivity contribution in [2.45, 2.75) is 141 Å². The molecular formula is C30H55NO4. The van der Waals surface area contributed by atoms with E-state index in [1.807, 2.05) is 0 Å². The zero-order chi connectivity index (χ0) is 26.0. The Hall–Kier alpha value is -1.43. The second kappa shape index (κ2) is 25.7. The van der Waals surface area contributed by atoms with Crippen molar-refractivity contribution < 1.29 is 20.1 Å². The van der Waals surface area contributed by atoms with Gasteiger partial charge in [-0.25, -0.2) is 0 Å². The van der Waals surface area contributed by atoms with Crippen molar-refractivity contribution in [2.75, 3.05) is 6.61 Å². The molecule has 0 bridgehead atoms. The summed E-state index contributed by atoms with van der Waals surface area (Å²) in [5, 5.41) is 32.9. The van der Waals surface area contributed by atoms with Crippen molar-refractivity contribution in [3.05, 3.63) is 36.5 Å². The highest BCUT2D eigenvalue weighted by Crippen LogP contribution is 2.11. The molecule has 1 amide bonds. The lowest BCUT2D eigenvalue weighted by atomic mass is 10.0. The van der Waals surface area contributed by atoms with Gasteiger partial charge >= 0.3 is 0 Å². The standard InChI is InChI=1S/C30H55NO4/c1-3-5-7-9-11-13-14-15-17-19-21-23-25-29(34)31-27(26-32)30(35)28(33)24-22-20-18-16-12-10-8-6-4-2/h6,8,11,13,16,18,27-28,30,32-33,35H,3-5,7,9-10,12,14-15,17,19-26H2,1-2H3,(H,31,34)/b8-6+,13-11-,18-16+. The first-order valence-electron chi connectivity index (χ1n) is 14.3. The van der Waals surface area contributed by atoms with E-state index >= 15 is 0 Å². The van der Waals surface area contributed by atoms with Gasteiger partial charge in [-0.05, 0) is 70.6 Å². The van der Waals surface area contributed by atoms with Gasteiger partial charge in [0.25, 0.3) is 0 Å². The maximum atomic E-state index is 12.2. The molecule has 0 saturated carbocycles. The van der Waals surface area contributed by atoms with Gasteiger partial charge in [-0.1, -0.05) is 82.4 Å². The Labute approximate surface area is 215 Å². The summed E-state index contributed by atoms with van der Waals surface area (Å²) in [5.41, 5.74) is 0. The number of carbonyl (C=O) groups is 1. The van der Waals surface area contributed by atoms with Crippen molar-refractivity contribution >= 4 is 5.91 Å².